The lowest BCUT2D eigenvalue weighted by Gasteiger charge is -2.44. The molecule has 2 rings (SSSR count). The Balaban J connectivity index is 2.19. The summed E-state index contributed by atoms with van der Waals surface area (Å²) < 4.78 is 0. The number of hydrogen-bond donors (Lipinski definition) is 2. The lowest BCUT2D eigenvalue weighted by Crippen LogP contribution is -2.56. The van der Waals surface area contributed by atoms with Gasteiger partial charge in [0.05, 0.1) is 5.41 Å². The van der Waals surface area contributed by atoms with Crippen LogP contribution in [0.15, 0.2) is 30.3 Å². The minimum absolute atomic E-state index is 0.199. The highest BCUT2D eigenvalue weighted by Gasteiger charge is 2.50. The molecule has 0 spiro atoms. The first kappa shape index (κ1) is 10.2. The van der Waals surface area contributed by atoms with Crippen LogP contribution in [-0.2, 0) is 11.2 Å². The summed E-state index contributed by atoms with van der Waals surface area (Å²) in [6.45, 7) is 0. The summed E-state index contributed by atoms with van der Waals surface area (Å²) in [5, 5.41) is 9.24. The van der Waals surface area contributed by atoms with E-state index < -0.39 is 11.4 Å². The smallest absolute Gasteiger partial charge is 0.311 e. The van der Waals surface area contributed by atoms with Gasteiger partial charge < -0.3 is 10.8 Å². The van der Waals surface area contributed by atoms with Crippen LogP contribution in [0.3, 0.4) is 0 Å². The normalized spacial score (nSPS) is 29.5. The molecule has 3 N–H and O–H groups in total. The van der Waals surface area contributed by atoms with Crippen molar-refractivity contribution >= 4 is 5.97 Å². The van der Waals surface area contributed by atoms with Gasteiger partial charge in [0, 0.05) is 6.04 Å². The maximum atomic E-state index is 11.2. The second kappa shape index (κ2) is 3.66. The van der Waals surface area contributed by atoms with Crippen LogP contribution in [-0.4, -0.2) is 17.1 Å². The number of nitrogens with two attached hydrogens (primary N) is 1. The van der Waals surface area contributed by atoms with Gasteiger partial charge in [-0.1, -0.05) is 30.3 Å². The first-order valence-electron chi connectivity index (χ1n) is 5.18. The molecule has 80 valence electrons. The van der Waals surface area contributed by atoms with Crippen LogP contribution in [0.2, 0.25) is 0 Å². The molecule has 1 aromatic carbocycles. The van der Waals surface area contributed by atoms with Crippen LogP contribution in [0, 0.1) is 5.41 Å². The van der Waals surface area contributed by atoms with Crippen LogP contribution in [0.5, 0.6) is 0 Å². The third kappa shape index (κ3) is 1.63. The predicted octanol–water partition coefficient (Wildman–Crippen LogP) is 1.42. The fraction of sp³-hybridized carbons (Fsp3) is 0.417. The first-order chi connectivity index (χ1) is 7.15. The van der Waals surface area contributed by atoms with E-state index in [1.807, 2.05) is 30.3 Å². The average molecular weight is 205 g/mol. The Morgan fingerprint density at radius 1 is 1.47 bits per heavy atom. The van der Waals surface area contributed by atoms with Crippen LogP contribution >= 0.6 is 0 Å². The van der Waals surface area contributed by atoms with Gasteiger partial charge >= 0.3 is 5.97 Å². The summed E-state index contributed by atoms with van der Waals surface area (Å²) in [4.78, 5) is 11.2. The Labute approximate surface area is 88.9 Å². The van der Waals surface area contributed by atoms with Crippen molar-refractivity contribution in [3.05, 3.63) is 35.9 Å². The van der Waals surface area contributed by atoms with Crippen LogP contribution in [0.4, 0.5) is 0 Å². The third-order valence-electron chi connectivity index (χ3n) is 3.40. The second-order valence-electron chi connectivity index (χ2n) is 4.27. The minimum Gasteiger partial charge on any atom is -0.481 e. The van der Waals surface area contributed by atoms with Crippen molar-refractivity contribution in [2.75, 3.05) is 0 Å². The molecule has 0 aliphatic heterocycles. The second-order valence-corrected chi connectivity index (χ2v) is 4.27. The summed E-state index contributed by atoms with van der Waals surface area (Å²) >= 11 is 0. The van der Waals surface area contributed by atoms with Gasteiger partial charge in [-0.05, 0) is 24.8 Å². The van der Waals surface area contributed by atoms with E-state index in [1.54, 1.807) is 0 Å². The Morgan fingerprint density at radius 2 is 2.13 bits per heavy atom. The van der Waals surface area contributed by atoms with Gasteiger partial charge in [0.25, 0.3) is 0 Å². The molecule has 0 bridgehead atoms. The van der Waals surface area contributed by atoms with E-state index in [2.05, 4.69) is 0 Å². The van der Waals surface area contributed by atoms with Gasteiger partial charge in [0.15, 0.2) is 0 Å². The maximum Gasteiger partial charge on any atom is 0.311 e. The van der Waals surface area contributed by atoms with Crippen LogP contribution < -0.4 is 5.73 Å². The van der Waals surface area contributed by atoms with E-state index in [4.69, 9.17) is 5.73 Å². The van der Waals surface area contributed by atoms with Crippen molar-refractivity contribution in [3.8, 4) is 0 Å². The van der Waals surface area contributed by atoms with Crippen LogP contribution in [0.1, 0.15) is 18.4 Å². The summed E-state index contributed by atoms with van der Waals surface area (Å²) in [5.41, 5.74) is 6.16. The molecule has 2 atom stereocenters. The molecule has 1 aliphatic carbocycles. The fourth-order valence-corrected chi connectivity index (χ4v) is 2.18. The lowest BCUT2D eigenvalue weighted by atomic mass is 9.62. The highest BCUT2D eigenvalue weighted by atomic mass is 16.4. The Hall–Kier alpha value is -1.35. The maximum absolute atomic E-state index is 11.2. The molecule has 1 aromatic rings. The fourth-order valence-electron chi connectivity index (χ4n) is 2.18. The third-order valence-corrected chi connectivity index (χ3v) is 3.40. The molecule has 0 heterocycles. The van der Waals surface area contributed by atoms with Gasteiger partial charge in [-0.3, -0.25) is 4.79 Å². The molecule has 0 amide bonds. The zero-order valence-corrected chi connectivity index (χ0v) is 8.52. The number of carbonyl (C=O) groups is 1. The molecular formula is C12H15NO2. The molecule has 0 saturated heterocycles. The summed E-state index contributed by atoms with van der Waals surface area (Å²) in [6.07, 6.45) is 2.06. The summed E-state index contributed by atoms with van der Waals surface area (Å²) in [5.74, 6) is -0.759. The van der Waals surface area contributed by atoms with Crippen molar-refractivity contribution < 1.29 is 9.90 Å². The van der Waals surface area contributed by atoms with Gasteiger partial charge in [-0.2, -0.15) is 0 Å². The summed E-state index contributed by atoms with van der Waals surface area (Å²) in [7, 11) is 0. The number of carboxylic acid groups (broad SMARTS) is 1. The zero-order valence-electron chi connectivity index (χ0n) is 8.52. The van der Waals surface area contributed by atoms with Crippen molar-refractivity contribution in [2.45, 2.75) is 25.3 Å². The molecule has 1 saturated carbocycles. The number of carboxylic acids is 1. The molecule has 0 aromatic heterocycles. The Bertz CT molecular complexity index is 363. The van der Waals surface area contributed by atoms with Crippen molar-refractivity contribution in [3.63, 3.8) is 0 Å². The van der Waals surface area contributed by atoms with E-state index in [9.17, 15) is 9.90 Å². The monoisotopic (exact) mass is 205 g/mol. The van der Waals surface area contributed by atoms with E-state index >= 15 is 0 Å². The molecule has 15 heavy (non-hydrogen) atoms. The number of rotatable bonds is 3. The number of hydrogen-bond acceptors (Lipinski definition) is 2. The highest BCUT2D eigenvalue weighted by Crippen LogP contribution is 2.42. The highest BCUT2D eigenvalue weighted by molar-refractivity contribution is 5.77. The molecule has 2 unspecified atom stereocenters. The minimum atomic E-state index is -0.759. The van der Waals surface area contributed by atoms with E-state index in [-0.39, 0.29) is 6.04 Å². The lowest BCUT2D eigenvalue weighted by molar-refractivity contribution is -0.156. The van der Waals surface area contributed by atoms with Gasteiger partial charge in [-0.25, -0.2) is 0 Å². The number of benzene rings is 1. The molecule has 3 heteroatoms. The zero-order chi connectivity index (χ0) is 10.9. The summed E-state index contributed by atoms with van der Waals surface area (Å²) in [6, 6.07) is 9.49. The van der Waals surface area contributed by atoms with Crippen molar-refractivity contribution in [2.24, 2.45) is 11.1 Å². The Kier molecular flexibility index (Phi) is 2.49. The molecule has 1 aliphatic rings. The standard InChI is InChI=1S/C12H15NO2/c13-10-6-7-12(10,11(14)15)8-9-4-2-1-3-5-9/h1-5,10H,6-8,13H2,(H,14,15). The molecule has 3 nitrogen and oxygen atoms in total. The number of aliphatic carboxylic acids is 1. The molecule has 1 fully saturated rings. The molecular weight excluding hydrogens is 190 g/mol. The van der Waals surface area contributed by atoms with E-state index in [1.165, 1.54) is 0 Å². The van der Waals surface area contributed by atoms with E-state index in [0.29, 0.717) is 12.8 Å². The van der Waals surface area contributed by atoms with E-state index in [0.717, 1.165) is 12.0 Å². The van der Waals surface area contributed by atoms with Gasteiger partial charge in [0.1, 0.15) is 0 Å². The predicted molar refractivity (Wildman–Crippen MR) is 57.4 cm³/mol. The SMILES string of the molecule is NC1CCC1(Cc1ccccc1)C(=O)O. The average Bonchev–Trinajstić information content (AvgIpc) is 2.24. The van der Waals surface area contributed by atoms with Crippen LogP contribution in [0.25, 0.3) is 0 Å². The molecule has 0 radical (unpaired) electrons. The topological polar surface area (TPSA) is 63.3 Å². The first-order valence-corrected chi connectivity index (χ1v) is 5.18. The quantitative estimate of drug-likeness (QED) is 0.784. The largest absolute Gasteiger partial charge is 0.481 e. The van der Waals surface area contributed by atoms with Gasteiger partial charge in [0.2, 0.25) is 0 Å². The Morgan fingerprint density at radius 3 is 2.53 bits per heavy atom. The van der Waals surface area contributed by atoms with Gasteiger partial charge in [-0.15, -0.1) is 0 Å². The van der Waals surface area contributed by atoms with Crippen molar-refractivity contribution in [1.29, 1.82) is 0 Å². The van der Waals surface area contributed by atoms with Crippen molar-refractivity contribution in [1.82, 2.24) is 0 Å².